The lowest BCUT2D eigenvalue weighted by atomic mass is 10.2. The van der Waals surface area contributed by atoms with Gasteiger partial charge in [0.25, 0.3) is 0 Å². The lowest BCUT2D eigenvalue weighted by Crippen LogP contribution is -2.56. The van der Waals surface area contributed by atoms with Gasteiger partial charge in [-0.3, -0.25) is 19.2 Å². The van der Waals surface area contributed by atoms with E-state index in [2.05, 4.69) is 10.6 Å². The molecular weight excluding hydrogens is 300 g/mol. The van der Waals surface area contributed by atoms with Gasteiger partial charge in [0.05, 0.1) is 13.2 Å². The number of aliphatic carboxylic acids is 1. The van der Waals surface area contributed by atoms with Gasteiger partial charge in [0.1, 0.15) is 24.7 Å². The number of carboxylic acids is 1. The monoisotopic (exact) mass is 320 g/mol. The second-order valence-electron chi connectivity index (χ2n) is 4.37. The topological polar surface area (TPSA) is 191 Å². The van der Waals surface area contributed by atoms with E-state index in [1.807, 2.05) is 5.32 Å². The number of nitrogens with two attached hydrogens (primary N) is 1. The fourth-order valence-electron chi connectivity index (χ4n) is 1.25. The number of amides is 3. The molecule has 0 heterocycles. The van der Waals surface area contributed by atoms with Crippen molar-refractivity contribution in [1.29, 1.82) is 0 Å². The maximum Gasteiger partial charge on any atom is 0.322 e. The van der Waals surface area contributed by atoms with Crippen LogP contribution >= 0.6 is 0 Å². The summed E-state index contributed by atoms with van der Waals surface area (Å²) in [5, 5.41) is 32.5. The molecule has 8 N–H and O–H groups in total. The highest BCUT2D eigenvalue weighted by Crippen LogP contribution is 1.89. The summed E-state index contributed by atoms with van der Waals surface area (Å²) in [5.74, 6) is -3.72. The molecule has 3 atom stereocenters. The molecule has 0 aromatic rings. The van der Waals surface area contributed by atoms with Crippen molar-refractivity contribution in [1.82, 2.24) is 16.0 Å². The number of hydrogen-bond donors (Lipinski definition) is 7. The van der Waals surface area contributed by atoms with Gasteiger partial charge in [-0.05, 0) is 6.92 Å². The third-order valence-electron chi connectivity index (χ3n) is 2.51. The molecule has 0 aliphatic heterocycles. The molecule has 0 radical (unpaired) electrons. The van der Waals surface area contributed by atoms with Crippen molar-refractivity contribution in [2.45, 2.75) is 25.0 Å². The van der Waals surface area contributed by atoms with E-state index in [-0.39, 0.29) is 0 Å². The van der Waals surface area contributed by atoms with Crippen molar-refractivity contribution in [3.8, 4) is 0 Å². The van der Waals surface area contributed by atoms with Gasteiger partial charge < -0.3 is 37.0 Å². The Bertz CT molecular complexity index is 429. The van der Waals surface area contributed by atoms with E-state index in [0.29, 0.717) is 0 Å². The normalized spacial score (nSPS) is 14.4. The minimum absolute atomic E-state index is 0.600. The van der Waals surface area contributed by atoms with Gasteiger partial charge in [0.15, 0.2) is 0 Å². The number of aliphatic hydroxyl groups is 2. The second kappa shape index (κ2) is 9.65. The van der Waals surface area contributed by atoms with Crippen molar-refractivity contribution in [2.24, 2.45) is 5.73 Å². The fourth-order valence-corrected chi connectivity index (χ4v) is 1.25. The zero-order chi connectivity index (χ0) is 17.3. The highest BCUT2D eigenvalue weighted by molar-refractivity contribution is 5.93. The van der Waals surface area contributed by atoms with E-state index in [1.165, 1.54) is 6.92 Å². The lowest BCUT2D eigenvalue weighted by Gasteiger charge is -2.20. The number of rotatable bonds is 9. The fraction of sp³-hybridized carbons (Fsp3) is 0.636. The molecule has 22 heavy (non-hydrogen) atoms. The van der Waals surface area contributed by atoms with Crippen LogP contribution < -0.4 is 21.7 Å². The number of carbonyl (C=O) groups excluding carboxylic acids is 3. The van der Waals surface area contributed by atoms with Crippen LogP contribution in [0.25, 0.3) is 0 Å². The predicted molar refractivity (Wildman–Crippen MR) is 72.3 cm³/mol. The molecule has 0 bridgehead atoms. The SMILES string of the molecule is CC(NC(=O)C(N)CO)C(=O)NC(CO)C(=O)NCC(=O)O. The molecular formula is C11H20N4O7. The first-order valence-electron chi connectivity index (χ1n) is 6.30. The molecule has 0 aliphatic rings. The number of aliphatic hydroxyl groups excluding tert-OH is 2. The van der Waals surface area contributed by atoms with Crippen LogP contribution in [-0.4, -0.2) is 76.9 Å². The molecule has 3 unspecified atom stereocenters. The van der Waals surface area contributed by atoms with Crippen molar-refractivity contribution < 1.29 is 34.5 Å². The molecule has 11 heteroatoms. The lowest BCUT2D eigenvalue weighted by molar-refractivity contribution is -0.138. The largest absolute Gasteiger partial charge is 0.480 e. The highest BCUT2D eigenvalue weighted by atomic mass is 16.4. The van der Waals surface area contributed by atoms with Gasteiger partial charge in [-0.25, -0.2) is 0 Å². The maximum atomic E-state index is 11.8. The van der Waals surface area contributed by atoms with E-state index >= 15 is 0 Å². The Morgan fingerprint density at radius 2 is 1.59 bits per heavy atom. The van der Waals surface area contributed by atoms with E-state index in [1.54, 1.807) is 0 Å². The van der Waals surface area contributed by atoms with Gasteiger partial charge in [0, 0.05) is 0 Å². The van der Waals surface area contributed by atoms with Crippen LogP contribution in [0, 0.1) is 0 Å². The van der Waals surface area contributed by atoms with E-state index < -0.39 is 61.6 Å². The average Bonchev–Trinajstić information content (AvgIpc) is 2.48. The minimum Gasteiger partial charge on any atom is -0.480 e. The molecule has 0 aromatic heterocycles. The molecule has 0 saturated carbocycles. The third-order valence-corrected chi connectivity index (χ3v) is 2.51. The Morgan fingerprint density at radius 1 is 1.00 bits per heavy atom. The molecule has 0 fully saturated rings. The van der Waals surface area contributed by atoms with Crippen molar-refractivity contribution in [3.63, 3.8) is 0 Å². The summed E-state index contributed by atoms with van der Waals surface area (Å²) < 4.78 is 0. The van der Waals surface area contributed by atoms with Crippen molar-refractivity contribution >= 4 is 23.7 Å². The summed E-state index contributed by atoms with van der Waals surface area (Å²) in [6.45, 7) is -0.713. The molecule has 0 aliphatic carbocycles. The van der Waals surface area contributed by atoms with Gasteiger partial charge in [0.2, 0.25) is 17.7 Å². The van der Waals surface area contributed by atoms with Crippen LogP contribution in [0.3, 0.4) is 0 Å². The number of nitrogens with one attached hydrogen (secondary N) is 3. The molecule has 0 saturated heterocycles. The van der Waals surface area contributed by atoms with Crippen molar-refractivity contribution in [3.05, 3.63) is 0 Å². The Balaban J connectivity index is 4.49. The standard InChI is InChI=1S/C11H20N4O7/c1-5(14-10(21)6(12)3-16)9(20)15-7(4-17)11(22)13-2-8(18)19/h5-7,16-17H,2-4,12H2,1H3,(H,13,22)(H,14,21)(H,15,20)(H,18,19). The Morgan fingerprint density at radius 3 is 2.05 bits per heavy atom. The van der Waals surface area contributed by atoms with Crippen LogP contribution in [0.1, 0.15) is 6.92 Å². The third kappa shape index (κ3) is 6.97. The van der Waals surface area contributed by atoms with Crippen LogP contribution in [0.2, 0.25) is 0 Å². The summed E-state index contributed by atoms with van der Waals surface area (Å²) in [6.07, 6.45) is 0. The number of carboxylic acid groups (broad SMARTS) is 1. The van der Waals surface area contributed by atoms with Gasteiger partial charge in [-0.1, -0.05) is 0 Å². The summed E-state index contributed by atoms with van der Waals surface area (Å²) in [4.78, 5) is 45.0. The minimum atomic E-state index is -1.36. The average molecular weight is 320 g/mol. The van der Waals surface area contributed by atoms with Gasteiger partial charge >= 0.3 is 5.97 Å². The molecule has 3 amide bonds. The first-order chi connectivity index (χ1) is 10.2. The van der Waals surface area contributed by atoms with Gasteiger partial charge in [-0.15, -0.1) is 0 Å². The maximum absolute atomic E-state index is 11.8. The second-order valence-corrected chi connectivity index (χ2v) is 4.37. The van der Waals surface area contributed by atoms with Crippen molar-refractivity contribution in [2.75, 3.05) is 19.8 Å². The summed E-state index contributed by atoms with van der Waals surface area (Å²) in [5.41, 5.74) is 5.25. The Kier molecular flexibility index (Phi) is 8.67. The molecule has 0 spiro atoms. The first-order valence-corrected chi connectivity index (χ1v) is 6.30. The predicted octanol–water partition coefficient (Wildman–Crippen LogP) is -4.51. The molecule has 0 rings (SSSR count). The first kappa shape index (κ1) is 19.8. The quantitative estimate of drug-likeness (QED) is 0.221. The summed E-state index contributed by atoms with van der Waals surface area (Å²) in [6, 6.07) is -3.63. The van der Waals surface area contributed by atoms with E-state index in [4.69, 9.17) is 21.1 Å². The van der Waals surface area contributed by atoms with Crippen LogP contribution in [0.15, 0.2) is 0 Å². The number of carbonyl (C=O) groups is 4. The number of hydrogen-bond acceptors (Lipinski definition) is 7. The Hall–Kier alpha value is -2.24. The van der Waals surface area contributed by atoms with E-state index in [9.17, 15) is 19.2 Å². The highest BCUT2D eigenvalue weighted by Gasteiger charge is 2.25. The zero-order valence-electron chi connectivity index (χ0n) is 11.9. The zero-order valence-corrected chi connectivity index (χ0v) is 11.9. The molecule has 0 aromatic carbocycles. The molecule has 126 valence electrons. The van der Waals surface area contributed by atoms with Crippen LogP contribution in [-0.2, 0) is 19.2 Å². The van der Waals surface area contributed by atoms with E-state index in [0.717, 1.165) is 0 Å². The van der Waals surface area contributed by atoms with Crippen LogP contribution in [0.5, 0.6) is 0 Å². The van der Waals surface area contributed by atoms with Gasteiger partial charge in [-0.2, -0.15) is 0 Å². The summed E-state index contributed by atoms with van der Waals surface area (Å²) >= 11 is 0. The smallest absolute Gasteiger partial charge is 0.322 e. The summed E-state index contributed by atoms with van der Waals surface area (Å²) in [7, 11) is 0. The Labute approximate surface area is 125 Å². The molecule has 11 nitrogen and oxygen atoms in total. The van der Waals surface area contributed by atoms with Crippen LogP contribution in [0.4, 0.5) is 0 Å².